The molecule has 1 aliphatic carbocycles. The van der Waals surface area contributed by atoms with Crippen molar-refractivity contribution in [2.45, 2.75) is 25.2 Å². The molecule has 2 aromatic rings. The van der Waals surface area contributed by atoms with Gasteiger partial charge in [0.15, 0.2) is 0 Å². The van der Waals surface area contributed by atoms with Crippen LogP contribution in [0, 0.1) is 0 Å². The van der Waals surface area contributed by atoms with E-state index >= 15 is 0 Å². The van der Waals surface area contributed by atoms with Gasteiger partial charge in [-0.1, -0.05) is 24.3 Å². The molecule has 0 amide bonds. The largest absolute Gasteiger partial charge is 0.144 e. The van der Waals surface area contributed by atoms with Crippen molar-refractivity contribution >= 4 is 22.9 Å². The Morgan fingerprint density at radius 3 is 2.53 bits per heavy atom. The first-order valence-corrected chi connectivity index (χ1v) is 7.17. The third kappa shape index (κ3) is 2.22. The van der Waals surface area contributed by atoms with Crippen molar-refractivity contribution in [2.24, 2.45) is 0 Å². The first-order chi connectivity index (χ1) is 8.36. The molecule has 0 atom stereocenters. The van der Waals surface area contributed by atoms with Crippen LogP contribution in [0.2, 0.25) is 0 Å². The van der Waals surface area contributed by atoms with Gasteiger partial charge in [0, 0.05) is 18.2 Å². The van der Waals surface area contributed by atoms with Crippen LogP contribution in [-0.2, 0) is 19.3 Å². The second-order valence-corrected chi connectivity index (χ2v) is 5.82. The van der Waals surface area contributed by atoms with Crippen LogP contribution < -0.4 is 0 Å². The molecule has 0 N–H and O–H groups in total. The standard InChI is InChI=1S/C13H13ClN2S/c14-6-5-12-15-16-13(17-12)11-7-9-3-1-2-4-10(9)8-11/h1-4,11H,5-8H2. The van der Waals surface area contributed by atoms with Gasteiger partial charge in [0.25, 0.3) is 0 Å². The molecule has 0 bridgehead atoms. The number of aryl methyl sites for hydroxylation is 1. The number of alkyl halides is 1. The van der Waals surface area contributed by atoms with Gasteiger partial charge in [0.05, 0.1) is 0 Å². The molecule has 4 heteroatoms. The third-order valence-corrected chi connectivity index (χ3v) is 4.53. The number of rotatable bonds is 3. The Hall–Kier alpha value is -0.930. The number of halogens is 1. The number of hydrogen-bond donors (Lipinski definition) is 0. The van der Waals surface area contributed by atoms with Crippen molar-refractivity contribution in [3.63, 3.8) is 0 Å². The van der Waals surface area contributed by atoms with E-state index in [9.17, 15) is 0 Å². The monoisotopic (exact) mass is 264 g/mol. The third-order valence-electron chi connectivity index (χ3n) is 3.19. The Morgan fingerprint density at radius 1 is 1.18 bits per heavy atom. The predicted octanol–water partition coefficient (Wildman–Crippen LogP) is 3.20. The highest BCUT2D eigenvalue weighted by molar-refractivity contribution is 7.11. The second-order valence-electron chi connectivity index (χ2n) is 4.35. The van der Waals surface area contributed by atoms with Gasteiger partial charge >= 0.3 is 0 Å². The van der Waals surface area contributed by atoms with Crippen molar-refractivity contribution in [3.8, 4) is 0 Å². The number of aromatic nitrogens is 2. The molecule has 1 aliphatic rings. The van der Waals surface area contributed by atoms with E-state index in [0.717, 1.165) is 24.3 Å². The zero-order valence-corrected chi connectivity index (χ0v) is 11.0. The van der Waals surface area contributed by atoms with Crippen LogP contribution in [0.25, 0.3) is 0 Å². The molecule has 0 radical (unpaired) electrons. The molecule has 17 heavy (non-hydrogen) atoms. The van der Waals surface area contributed by atoms with Gasteiger partial charge in [-0.05, 0) is 24.0 Å². The quantitative estimate of drug-likeness (QED) is 0.796. The second kappa shape index (κ2) is 4.75. The van der Waals surface area contributed by atoms with Crippen molar-refractivity contribution in [3.05, 3.63) is 45.4 Å². The summed E-state index contributed by atoms with van der Waals surface area (Å²) in [6.07, 6.45) is 3.04. The molecular formula is C13H13ClN2S. The minimum absolute atomic E-state index is 0.522. The molecule has 0 fully saturated rings. The average Bonchev–Trinajstić information content (AvgIpc) is 2.94. The Kier molecular flexibility index (Phi) is 3.12. The molecule has 0 spiro atoms. The van der Waals surface area contributed by atoms with Crippen molar-refractivity contribution in [2.75, 3.05) is 5.88 Å². The molecule has 88 valence electrons. The van der Waals surface area contributed by atoms with Crippen LogP contribution in [0.3, 0.4) is 0 Å². The number of nitrogens with zero attached hydrogens (tertiary/aromatic N) is 2. The predicted molar refractivity (Wildman–Crippen MR) is 70.9 cm³/mol. The van der Waals surface area contributed by atoms with Gasteiger partial charge in [-0.25, -0.2) is 0 Å². The fraction of sp³-hybridized carbons (Fsp3) is 0.385. The highest BCUT2D eigenvalue weighted by atomic mass is 35.5. The fourth-order valence-electron chi connectivity index (χ4n) is 2.35. The van der Waals surface area contributed by atoms with E-state index in [2.05, 4.69) is 34.5 Å². The first kappa shape index (κ1) is 11.2. The lowest BCUT2D eigenvalue weighted by atomic mass is 10.1. The van der Waals surface area contributed by atoms with E-state index < -0.39 is 0 Å². The van der Waals surface area contributed by atoms with Crippen molar-refractivity contribution < 1.29 is 0 Å². The van der Waals surface area contributed by atoms with Crippen LogP contribution in [0.4, 0.5) is 0 Å². The molecule has 1 aromatic carbocycles. The lowest BCUT2D eigenvalue weighted by Gasteiger charge is -2.01. The summed E-state index contributed by atoms with van der Waals surface area (Å²) in [4.78, 5) is 0. The Balaban J connectivity index is 1.79. The number of benzene rings is 1. The number of fused-ring (bicyclic) bond motifs is 1. The first-order valence-electron chi connectivity index (χ1n) is 5.82. The van der Waals surface area contributed by atoms with E-state index in [0.29, 0.717) is 11.8 Å². The lowest BCUT2D eigenvalue weighted by molar-refractivity contribution is 0.719. The Bertz CT molecular complexity index is 499. The summed E-state index contributed by atoms with van der Waals surface area (Å²) >= 11 is 7.44. The molecular weight excluding hydrogens is 252 g/mol. The summed E-state index contributed by atoms with van der Waals surface area (Å²) in [7, 11) is 0. The van der Waals surface area contributed by atoms with E-state index in [4.69, 9.17) is 11.6 Å². The summed E-state index contributed by atoms with van der Waals surface area (Å²) < 4.78 is 0. The van der Waals surface area contributed by atoms with E-state index in [1.165, 1.54) is 16.1 Å². The van der Waals surface area contributed by atoms with Crippen LogP contribution in [0.15, 0.2) is 24.3 Å². The van der Waals surface area contributed by atoms with Gasteiger partial charge in [0.1, 0.15) is 10.0 Å². The van der Waals surface area contributed by atoms with Gasteiger partial charge < -0.3 is 0 Å². The van der Waals surface area contributed by atoms with E-state index in [1.807, 2.05) is 0 Å². The van der Waals surface area contributed by atoms with E-state index in [-0.39, 0.29) is 0 Å². The molecule has 0 saturated heterocycles. The topological polar surface area (TPSA) is 25.8 Å². The van der Waals surface area contributed by atoms with Gasteiger partial charge in [0.2, 0.25) is 0 Å². The van der Waals surface area contributed by atoms with E-state index in [1.54, 1.807) is 11.3 Å². The van der Waals surface area contributed by atoms with Crippen molar-refractivity contribution in [1.82, 2.24) is 10.2 Å². The summed E-state index contributed by atoms with van der Waals surface area (Å²) in [5, 5.41) is 10.7. The zero-order chi connectivity index (χ0) is 11.7. The van der Waals surface area contributed by atoms with Crippen LogP contribution >= 0.6 is 22.9 Å². The molecule has 0 saturated carbocycles. The fourth-order valence-corrected chi connectivity index (χ4v) is 3.58. The SMILES string of the molecule is ClCCc1nnc(C2Cc3ccccc3C2)s1. The normalized spacial score (nSPS) is 15.1. The summed E-state index contributed by atoms with van der Waals surface area (Å²) in [6, 6.07) is 8.66. The summed E-state index contributed by atoms with van der Waals surface area (Å²) in [6.45, 7) is 0. The highest BCUT2D eigenvalue weighted by Crippen LogP contribution is 2.35. The van der Waals surface area contributed by atoms with Gasteiger partial charge in [-0.2, -0.15) is 0 Å². The Morgan fingerprint density at radius 2 is 1.88 bits per heavy atom. The van der Waals surface area contributed by atoms with Gasteiger partial charge in [-0.15, -0.1) is 33.1 Å². The molecule has 1 heterocycles. The smallest absolute Gasteiger partial charge is 0.121 e. The number of hydrogen-bond acceptors (Lipinski definition) is 3. The van der Waals surface area contributed by atoms with Gasteiger partial charge in [-0.3, -0.25) is 0 Å². The molecule has 0 unspecified atom stereocenters. The van der Waals surface area contributed by atoms with Crippen LogP contribution in [-0.4, -0.2) is 16.1 Å². The maximum absolute atomic E-state index is 5.72. The molecule has 2 nitrogen and oxygen atoms in total. The minimum Gasteiger partial charge on any atom is -0.144 e. The minimum atomic E-state index is 0.522. The maximum Gasteiger partial charge on any atom is 0.121 e. The van der Waals surface area contributed by atoms with Crippen molar-refractivity contribution in [1.29, 1.82) is 0 Å². The average molecular weight is 265 g/mol. The van der Waals surface area contributed by atoms with Crippen LogP contribution in [0.5, 0.6) is 0 Å². The Labute approximate surface area is 110 Å². The zero-order valence-electron chi connectivity index (χ0n) is 9.40. The lowest BCUT2D eigenvalue weighted by Crippen LogP contribution is -1.96. The van der Waals surface area contributed by atoms with Crippen LogP contribution in [0.1, 0.15) is 27.1 Å². The maximum atomic E-state index is 5.72. The highest BCUT2D eigenvalue weighted by Gasteiger charge is 2.25. The molecule has 0 aliphatic heterocycles. The summed E-state index contributed by atoms with van der Waals surface area (Å²) in [5.74, 6) is 1.15. The summed E-state index contributed by atoms with van der Waals surface area (Å²) in [5.41, 5.74) is 2.93. The molecule has 3 rings (SSSR count). The molecule has 1 aromatic heterocycles.